The molecule has 0 spiro atoms. The smallest absolute Gasteiger partial charge is 0.0924 e. The summed E-state index contributed by atoms with van der Waals surface area (Å²) >= 11 is 0. The molecule has 92 valence electrons. The first-order valence-electron chi connectivity index (χ1n) is 6.11. The van der Waals surface area contributed by atoms with Crippen molar-refractivity contribution in [3.8, 4) is 0 Å². The molecule has 4 heteroatoms. The minimum absolute atomic E-state index is 0.00843. The molecule has 2 rings (SSSR count). The van der Waals surface area contributed by atoms with Crippen molar-refractivity contribution in [3.05, 3.63) is 29.6 Å². The average molecular weight is 232 g/mol. The lowest BCUT2D eigenvalue weighted by molar-refractivity contribution is 0.511. The van der Waals surface area contributed by atoms with E-state index in [0.717, 1.165) is 16.8 Å². The molecule has 1 atom stereocenters. The van der Waals surface area contributed by atoms with Gasteiger partial charge in [-0.3, -0.25) is 0 Å². The number of fused-ring (bicyclic) bond motifs is 1. The van der Waals surface area contributed by atoms with Gasteiger partial charge in [0.15, 0.2) is 0 Å². The molecule has 0 radical (unpaired) electrons. The quantitative estimate of drug-likeness (QED) is 0.884. The van der Waals surface area contributed by atoms with Crippen LogP contribution in [0, 0.1) is 5.92 Å². The van der Waals surface area contributed by atoms with E-state index in [4.69, 9.17) is 5.73 Å². The van der Waals surface area contributed by atoms with Gasteiger partial charge in [-0.05, 0) is 24.0 Å². The SMILES string of the molecule is CC(C)c1nn2ncccc2c1C(N)C(C)C. The van der Waals surface area contributed by atoms with E-state index in [9.17, 15) is 0 Å². The predicted molar refractivity (Wildman–Crippen MR) is 68.8 cm³/mol. The van der Waals surface area contributed by atoms with E-state index in [0.29, 0.717) is 11.8 Å². The van der Waals surface area contributed by atoms with Crippen LogP contribution in [-0.2, 0) is 0 Å². The van der Waals surface area contributed by atoms with Crippen molar-refractivity contribution in [2.45, 2.75) is 39.7 Å². The highest BCUT2D eigenvalue weighted by atomic mass is 15.4. The molecule has 2 aromatic heterocycles. The maximum atomic E-state index is 6.31. The number of aromatic nitrogens is 3. The lowest BCUT2D eigenvalue weighted by Gasteiger charge is -2.17. The molecular weight excluding hydrogens is 212 g/mol. The average Bonchev–Trinajstić information content (AvgIpc) is 2.67. The van der Waals surface area contributed by atoms with Gasteiger partial charge in [-0.15, -0.1) is 0 Å². The van der Waals surface area contributed by atoms with Gasteiger partial charge in [0.2, 0.25) is 0 Å². The summed E-state index contributed by atoms with van der Waals surface area (Å²) in [4.78, 5) is 0. The maximum absolute atomic E-state index is 6.31. The first kappa shape index (κ1) is 12.0. The molecule has 1 unspecified atom stereocenters. The van der Waals surface area contributed by atoms with E-state index in [1.807, 2.05) is 12.1 Å². The highest BCUT2D eigenvalue weighted by molar-refractivity contribution is 5.57. The third-order valence-electron chi connectivity index (χ3n) is 3.08. The van der Waals surface area contributed by atoms with Gasteiger partial charge in [0.1, 0.15) is 0 Å². The van der Waals surface area contributed by atoms with Crippen molar-refractivity contribution in [3.63, 3.8) is 0 Å². The van der Waals surface area contributed by atoms with Gasteiger partial charge >= 0.3 is 0 Å². The molecule has 0 aliphatic carbocycles. The van der Waals surface area contributed by atoms with Crippen molar-refractivity contribution in [2.24, 2.45) is 11.7 Å². The van der Waals surface area contributed by atoms with Crippen molar-refractivity contribution < 1.29 is 0 Å². The van der Waals surface area contributed by atoms with Crippen LogP contribution in [0.3, 0.4) is 0 Å². The summed E-state index contributed by atoms with van der Waals surface area (Å²) in [6.07, 6.45) is 1.74. The van der Waals surface area contributed by atoms with E-state index in [-0.39, 0.29) is 6.04 Å². The lowest BCUT2D eigenvalue weighted by Crippen LogP contribution is -2.18. The summed E-state index contributed by atoms with van der Waals surface area (Å²) < 4.78 is 1.69. The number of nitrogens with zero attached hydrogens (tertiary/aromatic N) is 3. The maximum Gasteiger partial charge on any atom is 0.0924 e. The summed E-state index contributed by atoms with van der Waals surface area (Å²) in [6.45, 7) is 8.54. The molecule has 2 aromatic rings. The largest absolute Gasteiger partial charge is 0.324 e. The predicted octanol–water partition coefficient (Wildman–Crippen LogP) is 2.51. The van der Waals surface area contributed by atoms with Crippen LogP contribution in [0.2, 0.25) is 0 Å². The summed E-state index contributed by atoms with van der Waals surface area (Å²) in [7, 11) is 0. The molecule has 4 nitrogen and oxygen atoms in total. The van der Waals surface area contributed by atoms with Crippen molar-refractivity contribution in [1.29, 1.82) is 0 Å². The third kappa shape index (κ3) is 2.05. The van der Waals surface area contributed by atoms with E-state index < -0.39 is 0 Å². The fraction of sp³-hybridized carbons (Fsp3) is 0.538. The van der Waals surface area contributed by atoms with Gasteiger partial charge in [0.05, 0.1) is 11.2 Å². The third-order valence-corrected chi connectivity index (χ3v) is 3.08. The topological polar surface area (TPSA) is 56.2 Å². The van der Waals surface area contributed by atoms with E-state index in [2.05, 4.69) is 37.9 Å². The first-order chi connectivity index (χ1) is 8.02. The highest BCUT2D eigenvalue weighted by Gasteiger charge is 2.23. The molecule has 0 amide bonds. The Labute approximate surface area is 102 Å². The fourth-order valence-electron chi connectivity index (χ4n) is 2.03. The molecule has 0 aliphatic rings. The van der Waals surface area contributed by atoms with Gasteiger partial charge in [0.25, 0.3) is 0 Å². The second-order valence-corrected chi connectivity index (χ2v) is 5.12. The van der Waals surface area contributed by atoms with Crippen LogP contribution >= 0.6 is 0 Å². The monoisotopic (exact) mass is 232 g/mol. The minimum atomic E-state index is 0.00843. The molecule has 0 bridgehead atoms. The molecular formula is C13H20N4. The number of hydrogen-bond donors (Lipinski definition) is 1. The second-order valence-electron chi connectivity index (χ2n) is 5.12. The van der Waals surface area contributed by atoms with Crippen molar-refractivity contribution in [1.82, 2.24) is 14.8 Å². The van der Waals surface area contributed by atoms with Crippen LogP contribution in [0.4, 0.5) is 0 Å². The summed E-state index contributed by atoms with van der Waals surface area (Å²) in [6, 6.07) is 3.97. The van der Waals surface area contributed by atoms with Gasteiger partial charge in [-0.2, -0.15) is 14.8 Å². The lowest BCUT2D eigenvalue weighted by atomic mass is 9.92. The number of rotatable bonds is 3. The first-order valence-corrected chi connectivity index (χ1v) is 6.11. The Balaban J connectivity index is 2.68. The van der Waals surface area contributed by atoms with Crippen molar-refractivity contribution >= 4 is 5.52 Å². The van der Waals surface area contributed by atoms with Gasteiger partial charge in [-0.25, -0.2) is 0 Å². The molecule has 0 fully saturated rings. The standard InChI is InChI=1S/C13H20N4/c1-8(2)12(14)11-10-6-5-7-15-17(10)16-13(11)9(3)4/h5-9,12H,14H2,1-4H3. The Morgan fingerprint density at radius 3 is 2.53 bits per heavy atom. The number of hydrogen-bond acceptors (Lipinski definition) is 3. The molecule has 2 heterocycles. The Bertz CT molecular complexity index is 513. The Morgan fingerprint density at radius 2 is 1.94 bits per heavy atom. The molecule has 0 saturated heterocycles. The van der Waals surface area contributed by atoms with Gasteiger partial charge in [-0.1, -0.05) is 27.7 Å². The Morgan fingerprint density at radius 1 is 1.24 bits per heavy atom. The summed E-state index contributed by atoms with van der Waals surface area (Å²) in [5.74, 6) is 0.747. The summed E-state index contributed by atoms with van der Waals surface area (Å²) in [5, 5.41) is 8.78. The van der Waals surface area contributed by atoms with Crippen LogP contribution in [0.1, 0.15) is 50.9 Å². The van der Waals surface area contributed by atoms with Crippen LogP contribution in [-0.4, -0.2) is 14.8 Å². The van der Waals surface area contributed by atoms with Gasteiger partial charge in [0, 0.05) is 17.8 Å². The second kappa shape index (κ2) is 4.45. The van der Waals surface area contributed by atoms with Crippen LogP contribution in [0.15, 0.2) is 18.3 Å². The molecule has 0 aliphatic heterocycles. The Kier molecular flexibility index (Phi) is 3.15. The Hall–Kier alpha value is -1.42. The zero-order valence-corrected chi connectivity index (χ0v) is 10.9. The van der Waals surface area contributed by atoms with E-state index >= 15 is 0 Å². The molecule has 17 heavy (non-hydrogen) atoms. The normalized spacial score (nSPS) is 13.8. The van der Waals surface area contributed by atoms with E-state index in [1.165, 1.54) is 0 Å². The van der Waals surface area contributed by atoms with E-state index in [1.54, 1.807) is 10.8 Å². The molecule has 2 N–H and O–H groups in total. The molecule has 0 saturated carbocycles. The number of nitrogens with two attached hydrogens (primary N) is 1. The minimum Gasteiger partial charge on any atom is -0.324 e. The van der Waals surface area contributed by atoms with Crippen LogP contribution in [0.25, 0.3) is 5.52 Å². The molecule has 0 aromatic carbocycles. The fourth-order valence-corrected chi connectivity index (χ4v) is 2.03. The van der Waals surface area contributed by atoms with Gasteiger partial charge < -0.3 is 5.73 Å². The summed E-state index contributed by atoms with van der Waals surface area (Å²) in [5.41, 5.74) is 9.53. The zero-order chi connectivity index (χ0) is 12.6. The van der Waals surface area contributed by atoms with Crippen LogP contribution in [0.5, 0.6) is 0 Å². The zero-order valence-electron chi connectivity index (χ0n) is 10.9. The van der Waals surface area contributed by atoms with Crippen molar-refractivity contribution in [2.75, 3.05) is 0 Å². The van der Waals surface area contributed by atoms with Crippen LogP contribution < -0.4 is 5.73 Å². The highest BCUT2D eigenvalue weighted by Crippen LogP contribution is 2.30.